The monoisotopic (exact) mass is 286 g/mol. The number of benzene rings is 1. The molecule has 0 bridgehead atoms. The molecule has 1 aromatic carbocycles. The first-order valence-electron chi connectivity index (χ1n) is 5.29. The molecule has 4 heteroatoms. The van der Waals surface area contributed by atoms with Gasteiger partial charge >= 0.3 is 0 Å². The zero-order chi connectivity index (χ0) is 11.5. The lowest BCUT2D eigenvalue weighted by Crippen LogP contribution is -2.18. The fourth-order valence-electron chi connectivity index (χ4n) is 1.66. The van der Waals surface area contributed by atoms with Crippen molar-refractivity contribution in [3.63, 3.8) is 0 Å². The normalized spacial score (nSPS) is 16.7. The smallest absolute Gasteiger partial charge is 0.191 e. The third-order valence-corrected chi connectivity index (χ3v) is 3.74. The van der Waals surface area contributed by atoms with Gasteiger partial charge in [0.15, 0.2) is 6.29 Å². The largest absolute Gasteiger partial charge is 0.488 e. The summed E-state index contributed by atoms with van der Waals surface area (Å²) in [7, 11) is 0. The van der Waals surface area contributed by atoms with E-state index in [1.54, 1.807) is 0 Å². The lowest BCUT2D eigenvalue weighted by molar-refractivity contribution is -0.0684. The molecule has 1 aliphatic heterocycles. The lowest BCUT2D eigenvalue weighted by Gasteiger charge is -2.13. The molecule has 0 atom stereocenters. The zero-order valence-electron chi connectivity index (χ0n) is 9.46. The molecular weight excluding hydrogens is 272 g/mol. The Balaban J connectivity index is 1.98. The average Bonchev–Trinajstić information content (AvgIpc) is 2.75. The third kappa shape index (κ3) is 2.75. The van der Waals surface area contributed by atoms with Crippen molar-refractivity contribution in [2.24, 2.45) is 0 Å². The molecule has 1 aliphatic rings. The summed E-state index contributed by atoms with van der Waals surface area (Å²) in [6.45, 7) is 5.86. The van der Waals surface area contributed by atoms with Crippen LogP contribution in [0.25, 0.3) is 0 Å². The highest BCUT2D eigenvalue weighted by Crippen LogP contribution is 2.26. The highest BCUT2D eigenvalue weighted by atomic mass is 79.9. The van der Waals surface area contributed by atoms with Gasteiger partial charge in [-0.2, -0.15) is 0 Å². The van der Waals surface area contributed by atoms with Crippen molar-refractivity contribution >= 4 is 15.9 Å². The Bertz CT molecular complexity index is 350. The molecule has 88 valence electrons. The number of hydrogen-bond acceptors (Lipinski definition) is 3. The maximum absolute atomic E-state index is 5.64. The Labute approximate surface area is 104 Å². The number of hydrogen-bond donors (Lipinski definition) is 0. The van der Waals surface area contributed by atoms with Crippen LogP contribution in [0, 0.1) is 13.8 Å². The topological polar surface area (TPSA) is 27.7 Å². The number of ether oxygens (including phenoxy) is 3. The Morgan fingerprint density at radius 1 is 1.25 bits per heavy atom. The standard InChI is InChI=1S/C12H15BrO3/c1-8-5-10(6-9(2)12(8)13)16-7-11-14-3-4-15-11/h5-6,11H,3-4,7H2,1-2H3. The molecular formula is C12H15BrO3. The van der Waals surface area contributed by atoms with Gasteiger partial charge in [-0.15, -0.1) is 0 Å². The highest BCUT2D eigenvalue weighted by Gasteiger charge is 2.16. The van der Waals surface area contributed by atoms with Gasteiger partial charge in [0.05, 0.1) is 13.2 Å². The molecule has 0 spiro atoms. The predicted molar refractivity (Wildman–Crippen MR) is 64.8 cm³/mol. The Hall–Kier alpha value is -0.580. The van der Waals surface area contributed by atoms with Gasteiger partial charge in [0.2, 0.25) is 0 Å². The molecule has 1 heterocycles. The molecule has 1 aromatic rings. The molecule has 1 fully saturated rings. The van der Waals surface area contributed by atoms with Crippen molar-refractivity contribution < 1.29 is 14.2 Å². The van der Waals surface area contributed by atoms with Crippen LogP contribution in [0.3, 0.4) is 0 Å². The van der Waals surface area contributed by atoms with Crippen LogP contribution in [0.2, 0.25) is 0 Å². The minimum atomic E-state index is -0.218. The van der Waals surface area contributed by atoms with Gasteiger partial charge < -0.3 is 14.2 Å². The van der Waals surface area contributed by atoms with E-state index in [2.05, 4.69) is 15.9 Å². The SMILES string of the molecule is Cc1cc(OCC2OCCO2)cc(C)c1Br. The van der Waals surface area contributed by atoms with Gasteiger partial charge in [0.25, 0.3) is 0 Å². The molecule has 0 aromatic heterocycles. The lowest BCUT2D eigenvalue weighted by atomic mass is 10.1. The molecule has 0 unspecified atom stereocenters. The molecule has 1 saturated heterocycles. The second-order valence-electron chi connectivity index (χ2n) is 3.85. The third-order valence-electron chi connectivity index (χ3n) is 2.49. The van der Waals surface area contributed by atoms with Gasteiger partial charge in [0.1, 0.15) is 12.4 Å². The minimum absolute atomic E-state index is 0.218. The van der Waals surface area contributed by atoms with Crippen molar-refractivity contribution in [1.82, 2.24) is 0 Å². The van der Waals surface area contributed by atoms with E-state index in [0.29, 0.717) is 19.8 Å². The Morgan fingerprint density at radius 2 is 1.81 bits per heavy atom. The van der Waals surface area contributed by atoms with Crippen LogP contribution in [-0.2, 0) is 9.47 Å². The maximum atomic E-state index is 5.64. The summed E-state index contributed by atoms with van der Waals surface area (Å²) >= 11 is 3.53. The van der Waals surface area contributed by atoms with Crippen LogP contribution in [0.5, 0.6) is 5.75 Å². The summed E-state index contributed by atoms with van der Waals surface area (Å²) in [5.74, 6) is 0.859. The van der Waals surface area contributed by atoms with Crippen LogP contribution < -0.4 is 4.74 Å². The van der Waals surface area contributed by atoms with Crippen LogP contribution in [-0.4, -0.2) is 26.1 Å². The van der Waals surface area contributed by atoms with Crippen molar-refractivity contribution in [2.45, 2.75) is 20.1 Å². The van der Waals surface area contributed by atoms with E-state index in [9.17, 15) is 0 Å². The second-order valence-corrected chi connectivity index (χ2v) is 4.65. The molecule has 16 heavy (non-hydrogen) atoms. The molecule has 3 nitrogen and oxygen atoms in total. The molecule has 0 radical (unpaired) electrons. The first kappa shape index (κ1) is 11.9. The Morgan fingerprint density at radius 3 is 2.38 bits per heavy atom. The summed E-state index contributed by atoms with van der Waals surface area (Å²) in [5, 5.41) is 0. The van der Waals surface area contributed by atoms with Gasteiger partial charge in [-0.1, -0.05) is 15.9 Å². The van der Waals surface area contributed by atoms with E-state index in [1.165, 1.54) is 11.1 Å². The van der Waals surface area contributed by atoms with Crippen molar-refractivity contribution in [3.05, 3.63) is 27.7 Å². The van der Waals surface area contributed by atoms with Crippen molar-refractivity contribution in [3.8, 4) is 5.75 Å². The maximum Gasteiger partial charge on any atom is 0.191 e. The molecule has 0 aliphatic carbocycles. The van der Waals surface area contributed by atoms with Crippen LogP contribution in [0.4, 0.5) is 0 Å². The zero-order valence-corrected chi connectivity index (χ0v) is 11.0. The fraction of sp³-hybridized carbons (Fsp3) is 0.500. The summed E-state index contributed by atoms with van der Waals surface area (Å²) in [5.41, 5.74) is 2.34. The first-order valence-corrected chi connectivity index (χ1v) is 6.09. The van der Waals surface area contributed by atoms with Gasteiger partial charge in [0, 0.05) is 4.47 Å². The molecule has 2 rings (SSSR count). The predicted octanol–water partition coefficient (Wildman–Crippen LogP) is 2.82. The van der Waals surface area contributed by atoms with E-state index in [-0.39, 0.29) is 6.29 Å². The fourth-order valence-corrected chi connectivity index (χ4v) is 1.89. The summed E-state index contributed by atoms with van der Waals surface area (Å²) in [6.07, 6.45) is -0.218. The van der Waals surface area contributed by atoms with Crippen LogP contribution >= 0.6 is 15.9 Å². The van der Waals surface area contributed by atoms with E-state index in [1.807, 2.05) is 26.0 Å². The summed E-state index contributed by atoms with van der Waals surface area (Å²) < 4.78 is 17.4. The van der Waals surface area contributed by atoms with Crippen LogP contribution in [0.15, 0.2) is 16.6 Å². The van der Waals surface area contributed by atoms with Crippen LogP contribution in [0.1, 0.15) is 11.1 Å². The van der Waals surface area contributed by atoms with Crippen molar-refractivity contribution in [1.29, 1.82) is 0 Å². The van der Waals surface area contributed by atoms with E-state index < -0.39 is 0 Å². The summed E-state index contributed by atoms with van der Waals surface area (Å²) in [6, 6.07) is 4.01. The molecule has 0 N–H and O–H groups in total. The van der Waals surface area contributed by atoms with E-state index in [0.717, 1.165) is 10.2 Å². The molecule has 0 amide bonds. The number of aryl methyl sites for hydroxylation is 2. The number of halogens is 1. The second kappa shape index (κ2) is 5.17. The van der Waals surface area contributed by atoms with E-state index >= 15 is 0 Å². The number of rotatable bonds is 3. The van der Waals surface area contributed by atoms with Gasteiger partial charge in [-0.25, -0.2) is 0 Å². The first-order chi connectivity index (χ1) is 7.66. The van der Waals surface area contributed by atoms with Crippen molar-refractivity contribution in [2.75, 3.05) is 19.8 Å². The average molecular weight is 287 g/mol. The Kier molecular flexibility index (Phi) is 3.84. The highest BCUT2D eigenvalue weighted by molar-refractivity contribution is 9.10. The quantitative estimate of drug-likeness (QED) is 0.855. The summed E-state index contributed by atoms with van der Waals surface area (Å²) in [4.78, 5) is 0. The minimum Gasteiger partial charge on any atom is -0.488 e. The van der Waals surface area contributed by atoms with Gasteiger partial charge in [-0.05, 0) is 37.1 Å². The molecule has 0 saturated carbocycles. The van der Waals surface area contributed by atoms with E-state index in [4.69, 9.17) is 14.2 Å². The van der Waals surface area contributed by atoms with Gasteiger partial charge in [-0.3, -0.25) is 0 Å².